The van der Waals surface area contributed by atoms with Crippen LogP contribution >= 0.6 is 11.3 Å². The van der Waals surface area contributed by atoms with E-state index in [1.807, 2.05) is 11.3 Å². The standard InChI is InChI=1S/C13H22N2OS/c1-4-10(16-3)13-15-12-9(14-5-2)7-6-8-11(12)17-13/h9-10,14H,4-8H2,1-3H3. The first-order valence-electron chi connectivity index (χ1n) is 6.55. The maximum Gasteiger partial charge on any atom is 0.122 e. The van der Waals surface area contributed by atoms with Crippen LogP contribution in [0.2, 0.25) is 0 Å². The van der Waals surface area contributed by atoms with Crippen LogP contribution < -0.4 is 5.32 Å². The van der Waals surface area contributed by atoms with E-state index in [1.165, 1.54) is 29.8 Å². The Kier molecular flexibility index (Phi) is 4.54. The van der Waals surface area contributed by atoms with Gasteiger partial charge in [0.05, 0.1) is 11.7 Å². The van der Waals surface area contributed by atoms with E-state index < -0.39 is 0 Å². The minimum atomic E-state index is 0.174. The Morgan fingerprint density at radius 3 is 3.00 bits per heavy atom. The highest BCUT2D eigenvalue weighted by atomic mass is 32.1. The number of fused-ring (bicyclic) bond motifs is 1. The molecule has 17 heavy (non-hydrogen) atoms. The summed E-state index contributed by atoms with van der Waals surface area (Å²) >= 11 is 1.85. The fourth-order valence-electron chi connectivity index (χ4n) is 2.46. The lowest BCUT2D eigenvalue weighted by Gasteiger charge is -2.21. The summed E-state index contributed by atoms with van der Waals surface area (Å²) in [6.07, 6.45) is 4.85. The molecule has 0 aliphatic heterocycles. The molecule has 0 amide bonds. The summed E-state index contributed by atoms with van der Waals surface area (Å²) in [6, 6.07) is 0.461. The molecular formula is C13H22N2OS. The van der Waals surface area contributed by atoms with Crippen LogP contribution in [0.3, 0.4) is 0 Å². The van der Waals surface area contributed by atoms with Crippen molar-refractivity contribution in [1.82, 2.24) is 10.3 Å². The van der Waals surface area contributed by atoms with E-state index in [0.29, 0.717) is 6.04 Å². The molecule has 2 rings (SSSR count). The molecule has 0 bridgehead atoms. The van der Waals surface area contributed by atoms with Crippen LogP contribution in [0, 0.1) is 0 Å². The van der Waals surface area contributed by atoms with Crippen LogP contribution in [0.4, 0.5) is 0 Å². The fourth-order valence-corrected chi connectivity index (χ4v) is 3.79. The van der Waals surface area contributed by atoms with E-state index in [-0.39, 0.29) is 6.10 Å². The molecule has 0 fully saturated rings. The topological polar surface area (TPSA) is 34.1 Å². The van der Waals surface area contributed by atoms with Gasteiger partial charge in [-0.15, -0.1) is 11.3 Å². The molecule has 96 valence electrons. The molecule has 4 heteroatoms. The Bertz CT molecular complexity index is 360. The molecule has 0 saturated heterocycles. The van der Waals surface area contributed by atoms with Crippen molar-refractivity contribution in [3.63, 3.8) is 0 Å². The van der Waals surface area contributed by atoms with Gasteiger partial charge in [0.15, 0.2) is 0 Å². The summed E-state index contributed by atoms with van der Waals surface area (Å²) in [5.41, 5.74) is 1.29. The van der Waals surface area contributed by atoms with Crippen molar-refractivity contribution in [3.8, 4) is 0 Å². The van der Waals surface area contributed by atoms with Crippen LogP contribution in [-0.2, 0) is 11.2 Å². The van der Waals surface area contributed by atoms with Crippen molar-refractivity contribution in [2.75, 3.05) is 13.7 Å². The van der Waals surface area contributed by atoms with Gasteiger partial charge in [0.2, 0.25) is 0 Å². The van der Waals surface area contributed by atoms with Gasteiger partial charge in [0.25, 0.3) is 0 Å². The molecule has 0 aromatic carbocycles. The molecule has 1 N–H and O–H groups in total. The largest absolute Gasteiger partial charge is 0.374 e. The maximum atomic E-state index is 5.49. The molecule has 2 unspecified atom stereocenters. The lowest BCUT2D eigenvalue weighted by atomic mass is 9.98. The molecule has 1 aromatic heterocycles. The quantitative estimate of drug-likeness (QED) is 0.876. The van der Waals surface area contributed by atoms with Gasteiger partial charge >= 0.3 is 0 Å². The minimum Gasteiger partial charge on any atom is -0.374 e. The SMILES string of the molecule is CCNC1CCCc2sc(C(CC)OC)nc21. The molecule has 3 nitrogen and oxygen atoms in total. The van der Waals surface area contributed by atoms with Crippen LogP contribution in [0.15, 0.2) is 0 Å². The van der Waals surface area contributed by atoms with E-state index in [9.17, 15) is 0 Å². The first-order valence-corrected chi connectivity index (χ1v) is 7.37. The maximum absolute atomic E-state index is 5.49. The molecular weight excluding hydrogens is 232 g/mol. The average molecular weight is 254 g/mol. The molecule has 1 aliphatic rings. The van der Waals surface area contributed by atoms with Gasteiger partial charge in [-0.3, -0.25) is 0 Å². The third-order valence-electron chi connectivity index (χ3n) is 3.35. The van der Waals surface area contributed by atoms with Crippen molar-refractivity contribution >= 4 is 11.3 Å². The third-order valence-corrected chi connectivity index (χ3v) is 4.58. The fraction of sp³-hybridized carbons (Fsp3) is 0.769. The number of rotatable bonds is 5. The van der Waals surface area contributed by atoms with E-state index >= 15 is 0 Å². The number of nitrogens with one attached hydrogen (secondary N) is 1. The smallest absolute Gasteiger partial charge is 0.122 e. The van der Waals surface area contributed by atoms with Crippen LogP contribution in [0.1, 0.15) is 60.8 Å². The summed E-state index contributed by atoms with van der Waals surface area (Å²) in [7, 11) is 1.77. The van der Waals surface area contributed by atoms with Crippen LogP contribution in [0.5, 0.6) is 0 Å². The summed E-state index contributed by atoms with van der Waals surface area (Å²) in [5, 5.41) is 4.69. The highest BCUT2D eigenvalue weighted by molar-refractivity contribution is 7.11. The van der Waals surface area contributed by atoms with Crippen molar-refractivity contribution < 1.29 is 4.74 Å². The van der Waals surface area contributed by atoms with E-state index in [1.54, 1.807) is 7.11 Å². The Morgan fingerprint density at radius 1 is 1.53 bits per heavy atom. The Morgan fingerprint density at radius 2 is 2.35 bits per heavy atom. The van der Waals surface area contributed by atoms with E-state index in [0.717, 1.165) is 18.0 Å². The number of nitrogens with zero attached hydrogens (tertiary/aromatic N) is 1. The summed E-state index contributed by atoms with van der Waals surface area (Å²) in [5.74, 6) is 0. The van der Waals surface area contributed by atoms with Gasteiger partial charge in [0, 0.05) is 12.0 Å². The zero-order chi connectivity index (χ0) is 12.3. The number of aromatic nitrogens is 1. The molecule has 0 saturated carbocycles. The van der Waals surface area contributed by atoms with Crippen molar-refractivity contribution in [1.29, 1.82) is 0 Å². The molecule has 1 heterocycles. The molecule has 0 radical (unpaired) electrons. The predicted molar refractivity (Wildman–Crippen MR) is 71.5 cm³/mol. The monoisotopic (exact) mass is 254 g/mol. The summed E-state index contributed by atoms with van der Waals surface area (Å²) in [6.45, 7) is 5.32. The predicted octanol–water partition coefficient (Wildman–Crippen LogP) is 3.23. The van der Waals surface area contributed by atoms with Crippen LogP contribution in [0.25, 0.3) is 0 Å². The minimum absolute atomic E-state index is 0.174. The Labute approximate surface area is 108 Å². The van der Waals surface area contributed by atoms with E-state index in [4.69, 9.17) is 9.72 Å². The zero-order valence-corrected chi connectivity index (χ0v) is 11.8. The van der Waals surface area contributed by atoms with Gasteiger partial charge in [-0.2, -0.15) is 0 Å². The van der Waals surface area contributed by atoms with E-state index in [2.05, 4.69) is 19.2 Å². The van der Waals surface area contributed by atoms with Gasteiger partial charge in [-0.05, 0) is 32.2 Å². The number of ether oxygens (including phenoxy) is 1. The number of methoxy groups -OCH3 is 1. The Balaban J connectivity index is 2.23. The van der Waals surface area contributed by atoms with Gasteiger partial charge in [0.1, 0.15) is 11.1 Å². The third kappa shape index (κ3) is 2.69. The highest BCUT2D eigenvalue weighted by Gasteiger charge is 2.25. The number of thiazole rings is 1. The molecule has 2 atom stereocenters. The normalized spacial score (nSPS) is 21.2. The average Bonchev–Trinajstić information content (AvgIpc) is 2.76. The second-order valence-electron chi connectivity index (χ2n) is 4.50. The lowest BCUT2D eigenvalue weighted by molar-refractivity contribution is 0.0996. The van der Waals surface area contributed by atoms with Crippen molar-refractivity contribution in [2.45, 2.75) is 51.7 Å². The zero-order valence-electron chi connectivity index (χ0n) is 11.0. The summed E-state index contributed by atoms with van der Waals surface area (Å²) in [4.78, 5) is 6.29. The second-order valence-corrected chi connectivity index (χ2v) is 5.61. The van der Waals surface area contributed by atoms with Gasteiger partial charge < -0.3 is 10.1 Å². The van der Waals surface area contributed by atoms with Gasteiger partial charge in [-0.25, -0.2) is 4.98 Å². The Hall–Kier alpha value is -0.450. The highest BCUT2D eigenvalue weighted by Crippen LogP contribution is 2.36. The van der Waals surface area contributed by atoms with Crippen LogP contribution in [-0.4, -0.2) is 18.6 Å². The first kappa shape index (κ1) is 13.0. The van der Waals surface area contributed by atoms with Crippen molar-refractivity contribution in [3.05, 3.63) is 15.6 Å². The first-order chi connectivity index (χ1) is 8.30. The molecule has 1 aliphatic carbocycles. The summed E-state index contributed by atoms with van der Waals surface area (Å²) < 4.78 is 5.49. The lowest BCUT2D eigenvalue weighted by Crippen LogP contribution is -2.24. The number of aryl methyl sites for hydroxylation is 1. The van der Waals surface area contributed by atoms with Crippen molar-refractivity contribution in [2.24, 2.45) is 0 Å². The molecule has 0 spiro atoms. The van der Waals surface area contributed by atoms with Gasteiger partial charge in [-0.1, -0.05) is 13.8 Å². The number of hydrogen-bond donors (Lipinski definition) is 1. The second kappa shape index (κ2) is 5.94. The molecule has 1 aromatic rings. The number of hydrogen-bond acceptors (Lipinski definition) is 4.